The fourth-order valence-electron chi connectivity index (χ4n) is 2.49. The van der Waals surface area contributed by atoms with E-state index in [9.17, 15) is 9.59 Å². The zero-order valence-electron chi connectivity index (χ0n) is 13.3. The van der Waals surface area contributed by atoms with Crippen molar-refractivity contribution in [3.63, 3.8) is 0 Å². The highest BCUT2D eigenvalue weighted by Crippen LogP contribution is 2.31. The van der Waals surface area contributed by atoms with Crippen LogP contribution in [-0.4, -0.2) is 17.0 Å². The van der Waals surface area contributed by atoms with Crippen LogP contribution in [0.3, 0.4) is 0 Å². The normalized spacial score (nSPS) is 11.6. The molecule has 3 N–H and O–H groups in total. The van der Waals surface area contributed by atoms with E-state index in [0.29, 0.717) is 22.2 Å². The molecule has 0 bridgehead atoms. The summed E-state index contributed by atoms with van der Waals surface area (Å²) in [5.41, 5.74) is 3.19. The van der Waals surface area contributed by atoms with Gasteiger partial charge in [-0.3, -0.25) is 14.8 Å². The molecule has 0 aromatic heterocycles. The highest BCUT2D eigenvalue weighted by Gasteiger charge is 2.22. The lowest BCUT2D eigenvalue weighted by atomic mass is 9.91. The molecule has 0 saturated heterocycles. The van der Waals surface area contributed by atoms with Crippen molar-refractivity contribution >= 4 is 35.0 Å². The Labute approximate surface area is 155 Å². The second kappa shape index (κ2) is 9.42. The molecule has 1 unspecified atom stereocenters. The van der Waals surface area contributed by atoms with Crippen LogP contribution < -0.4 is 10.8 Å². The zero-order chi connectivity index (χ0) is 18.2. The summed E-state index contributed by atoms with van der Waals surface area (Å²) in [7, 11) is 0. The van der Waals surface area contributed by atoms with Gasteiger partial charge in [0.25, 0.3) is 0 Å². The molecule has 7 heteroatoms. The van der Waals surface area contributed by atoms with Gasteiger partial charge in [-0.2, -0.15) is 0 Å². The molecule has 0 aliphatic carbocycles. The molecule has 0 aliphatic heterocycles. The average molecular weight is 381 g/mol. The molecule has 2 aromatic rings. The van der Waals surface area contributed by atoms with E-state index in [0.717, 1.165) is 5.56 Å². The number of nitrogens with one attached hydrogen (secondary N) is 2. The Balaban J connectivity index is 2.07. The maximum atomic E-state index is 12.3. The van der Waals surface area contributed by atoms with Crippen molar-refractivity contribution in [2.45, 2.75) is 25.3 Å². The third kappa shape index (κ3) is 6.05. The van der Waals surface area contributed by atoms with Gasteiger partial charge in [0.05, 0.1) is 0 Å². The molecule has 0 heterocycles. The number of carbonyl (C=O) groups excluding carboxylic acids is 2. The molecule has 2 amide bonds. The van der Waals surface area contributed by atoms with Crippen LogP contribution in [0.2, 0.25) is 10.0 Å². The van der Waals surface area contributed by atoms with Gasteiger partial charge in [0.1, 0.15) is 0 Å². The van der Waals surface area contributed by atoms with Crippen molar-refractivity contribution in [3.05, 3.63) is 69.7 Å². The summed E-state index contributed by atoms with van der Waals surface area (Å²) < 4.78 is 0. The van der Waals surface area contributed by atoms with E-state index in [-0.39, 0.29) is 18.7 Å². The van der Waals surface area contributed by atoms with Crippen molar-refractivity contribution in [1.29, 1.82) is 0 Å². The molecule has 2 rings (SSSR count). The van der Waals surface area contributed by atoms with Gasteiger partial charge < -0.3 is 5.32 Å². The molecular formula is C18H18Cl2N2O3. The molecule has 1 atom stereocenters. The SMILES string of the molecule is O=C(CC(CC(=O)NCc1ccccc1)c1ccc(Cl)cc1Cl)NO. The van der Waals surface area contributed by atoms with Gasteiger partial charge in [-0.25, -0.2) is 5.48 Å². The minimum atomic E-state index is -0.591. The van der Waals surface area contributed by atoms with Crippen molar-refractivity contribution in [2.24, 2.45) is 0 Å². The first-order chi connectivity index (χ1) is 12.0. The second-order valence-electron chi connectivity index (χ2n) is 5.57. The van der Waals surface area contributed by atoms with Crippen LogP contribution >= 0.6 is 23.2 Å². The van der Waals surface area contributed by atoms with Crippen molar-refractivity contribution in [2.75, 3.05) is 0 Å². The Hall–Kier alpha value is -2.08. The quantitative estimate of drug-likeness (QED) is 0.506. The summed E-state index contributed by atoms with van der Waals surface area (Å²) in [6.45, 7) is 0.396. The third-order valence-electron chi connectivity index (χ3n) is 3.72. The van der Waals surface area contributed by atoms with Gasteiger partial charge in [-0.15, -0.1) is 0 Å². The Kier molecular flexibility index (Phi) is 7.25. The lowest BCUT2D eigenvalue weighted by molar-refractivity contribution is -0.129. The van der Waals surface area contributed by atoms with Crippen LogP contribution in [0.15, 0.2) is 48.5 Å². The Morgan fingerprint density at radius 3 is 2.32 bits per heavy atom. The van der Waals surface area contributed by atoms with Crippen LogP contribution in [-0.2, 0) is 16.1 Å². The average Bonchev–Trinajstić information content (AvgIpc) is 2.60. The summed E-state index contributed by atoms with van der Waals surface area (Å²) in [6.07, 6.45) is -0.0157. The van der Waals surface area contributed by atoms with Crippen LogP contribution in [0, 0.1) is 0 Å². The molecule has 0 fully saturated rings. The van der Waals surface area contributed by atoms with E-state index in [4.69, 9.17) is 28.4 Å². The predicted octanol–water partition coefficient (Wildman–Crippen LogP) is 3.68. The van der Waals surface area contributed by atoms with Crippen LogP contribution in [0.1, 0.15) is 29.9 Å². The maximum Gasteiger partial charge on any atom is 0.243 e. The fraction of sp³-hybridized carbons (Fsp3) is 0.222. The van der Waals surface area contributed by atoms with Gasteiger partial charge >= 0.3 is 0 Å². The van der Waals surface area contributed by atoms with E-state index < -0.39 is 11.8 Å². The zero-order valence-corrected chi connectivity index (χ0v) is 14.8. The number of hydroxylamine groups is 1. The van der Waals surface area contributed by atoms with Crippen molar-refractivity contribution < 1.29 is 14.8 Å². The van der Waals surface area contributed by atoms with Gasteiger partial charge in [-0.05, 0) is 23.3 Å². The van der Waals surface area contributed by atoms with Gasteiger partial charge in [0.15, 0.2) is 0 Å². The first kappa shape index (κ1) is 19.2. The monoisotopic (exact) mass is 380 g/mol. The number of halogens is 2. The van der Waals surface area contributed by atoms with Crippen LogP contribution in [0.25, 0.3) is 0 Å². The number of hydrogen-bond acceptors (Lipinski definition) is 3. The van der Waals surface area contributed by atoms with E-state index in [1.807, 2.05) is 30.3 Å². The highest BCUT2D eigenvalue weighted by atomic mass is 35.5. The summed E-state index contributed by atoms with van der Waals surface area (Å²) >= 11 is 12.1. The van der Waals surface area contributed by atoms with Crippen LogP contribution in [0.5, 0.6) is 0 Å². The van der Waals surface area contributed by atoms with E-state index >= 15 is 0 Å². The number of benzene rings is 2. The number of hydrogen-bond donors (Lipinski definition) is 3. The Bertz CT molecular complexity index is 738. The molecular weight excluding hydrogens is 363 g/mol. The molecule has 0 spiro atoms. The largest absolute Gasteiger partial charge is 0.352 e. The third-order valence-corrected chi connectivity index (χ3v) is 4.29. The topological polar surface area (TPSA) is 78.4 Å². The van der Waals surface area contributed by atoms with Gasteiger partial charge in [0, 0.05) is 35.3 Å². The smallest absolute Gasteiger partial charge is 0.243 e. The number of carbonyl (C=O) groups is 2. The summed E-state index contributed by atoms with van der Waals surface area (Å²) in [5, 5.41) is 12.4. The summed E-state index contributed by atoms with van der Waals surface area (Å²) in [5.74, 6) is -1.29. The minimum Gasteiger partial charge on any atom is -0.352 e. The Morgan fingerprint density at radius 1 is 1.00 bits per heavy atom. The predicted molar refractivity (Wildman–Crippen MR) is 96.7 cm³/mol. The van der Waals surface area contributed by atoms with E-state index in [2.05, 4.69) is 5.32 Å². The molecule has 5 nitrogen and oxygen atoms in total. The maximum absolute atomic E-state index is 12.3. The lowest BCUT2D eigenvalue weighted by Gasteiger charge is -2.18. The van der Waals surface area contributed by atoms with E-state index in [1.54, 1.807) is 23.7 Å². The van der Waals surface area contributed by atoms with Crippen molar-refractivity contribution in [3.8, 4) is 0 Å². The molecule has 132 valence electrons. The molecule has 2 aromatic carbocycles. The molecule has 0 saturated carbocycles. The molecule has 25 heavy (non-hydrogen) atoms. The highest BCUT2D eigenvalue weighted by molar-refractivity contribution is 6.35. The summed E-state index contributed by atoms with van der Waals surface area (Å²) in [4.78, 5) is 23.8. The fourth-order valence-corrected chi connectivity index (χ4v) is 3.05. The second-order valence-corrected chi connectivity index (χ2v) is 6.41. The van der Waals surface area contributed by atoms with E-state index in [1.165, 1.54) is 0 Å². The van der Waals surface area contributed by atoms with Gasteiger partial charge in [-0.1, -0.05) is 59.6 Å². The first-order valence-corrected chi connectivity index (χ1v) is 8.43. The number of amides is 2. The summed E-state index contributed by atoms with van der Waals surface area (Å²) in [6, 6.07) is 14.4. The van der Waals surface area contributed by atoms with Crippen LogP contribution in [0.4, 0.5) is 0 Å². The standard InChI is InChI=1S/C18H18Cl2N2O3/c19-14-6-7-15(16(20)10-14)13(9-18(24)22-25)8-17(23)21-11-12-4-2-1-3-5-12/h1-7,10,13,25H,8-9,11H2,(H,21,23)(H,22,24). The first-order valence-electron chi connectivity index (χ1n) is 7.68. The van der Waals surface area contributed by atoms with Crippen molar-refractivity contribution in [1.82, 2.24) is 10.8 Å². The van der Waals surface area contributed by atoms with Gasteiger partial charge in [0.2, 0.25) is 11.8 Å². The Morgan fingerprint density at radius 2 is 1.68 bits per heavy atom. The molecule has 0 radical (unpaired) electrons. The lowest BCUT2D eigenvalue weighted by Crippen LogP contribution is -2.27. The molecule has 0 aliphatic rings. The minimum absolute atomic E-state index is 0.0571. The number of rotatable bonds is 7.